The number of methoxy groups -OCH3 is 1. The van der Waals surface area contributed by atoms with Crippen LogP contribution in [0.3, 0.4) is 0 Å². The zero-order valence-corrected chi connectivity index (χ0v) is 24.0. The van der Waals surface area contributed by atoms with Gasteiger partial charge in [0.05, 0.1) is 30.3 Å². The van der Waals surface area contributed by atoms with Crippen LogP contribution in [-0.2, 0) is 14.3 Å². The summed E-state index contributed by atoms with van der Waals surface area (Å²) in [5, 5.41) is 14.7. The van der Waals surface area contributed by atoms with Gasteiger partial charge in [-0.3, -0.25) is 9.20 Å². The lowest BCUT2D eigenvalue weighted by Gasteiger charge is -2.21. The third kappa shape index (κ3) is 8.51. The number of hydrogen-bond acceptors (Lipinski definition) is 9. The fourth-order valence-corrected chi connectivity index (χ4v) is 4.20. The van der Waals surface area contributed by atoms with E-state index in [1.54, 1.807) is 7.11 Å². The van der Waals surface area contributed by atoms with Gasteiger partial charge in [-0.25, -0.2) is 9.78 Å². The van der Waals surface area contributed by atoms with E-state index in [1.807, 2.05) is 57.2 Å². The number of anilines is 1. The molecule has 0 unspecified atom stereocenters. The molecule has 0 aliphatic rings. The second-order valence-electron chi connectivity index (χ2n) is 10.4. The van der Waals surface area contributed by atoms with Crippen LogP contribution in [0.25, 0.3) is 16.7 Å². The van der Waals surface area contributed by atoms with Gasteiger partial charge in [0.15, 0.2) is 11.6 Å². The second-order valence-corrected chi connectivity index (χ2v) is 10.4. The molecule has 0 aliphatic heterocycles. The molecule has 0 spiro atoms. The van der Waals surface area contributed by atoms with Gasteiger partial charge in [0.25, 0.3) is 0 Å². The molecule has 0 fully saturated rings. The number of alkyl carbamates (subject to hydrolysis) is 1. The summed E-state index contributed by atoms with van der Waals surface area (Å²) in [6.45, 7) is 11.7. The number of fused-ring (bicyclic) bond motifs is 3. The van der Waals surface area contributed by atoms with Gasteiger partial charge < -0.3 is 24.8 Å². The Hall–Kier alpha value is -3.47. The smallest absolute Gasteiger partial charge is 0.407 e. The maximum absolute atomic E-state index is 12.8. The van der Waals surface area contributed by atoms with Crippen molar-refractivity contribution in [2.24, 2.45) is 11.8 Å². The van der Waals surface area contributed by atoms with E-state index in [-0.39, 0.29) is 17.6 Å². The molecule has 2 N–H and O–H groups in total. The number of carbonyl (C=O) groups excluding carboxylic acids is 2. The molecule has 0 radical (unpaired) electrons. The molecule has 11 nitrogen and oxygen atoms in total. The third-order valence-electron chi connectivity index (χ3n) is 6.24. The van der Waals surface area contributed by atoms with Crippen molar-refractivity contribution in [1.29, 1.82) is 0 Å². The van der Waals surface area contributed by atoms with Crippen LogP contribution in [0.1, 0.15) is 59.2 Å². The number of ether oxygens (including phenoxy) is 3. The van der Waals surface area contributed by atoms with Crippen molar-refractivity contribution in [1.82, 2.24) is 24.9 Å². The number of nitrogens with one attached hydrogen (secondary N) is 2. The summed E-state index contributed by atoms with van der Waals surface area (Å²) in [5.41, 5.74) is 2.34. The molecule has 3 rings (SSSR count). The normalized spacial score (nSPS) is 12.3. The molecule has 1 atom stereocenters. The topological polar surface area (TPSA) is 129 Å². The quantitative estimate of drug-likeness (QED) is 0.250. The molecule has 0 aliphatic carbocycles. The summed E-state index contributed by atoms with van der Waals surface area (Å²) >= 11 is 0. The zero-order valence-electron chi connectivity index (χ0n) is 24.0. The summed E-state index contributed by atoms with van der Waals surface area (Å²) in [4.78, 5) is 29.6. The van der Waals surface area contributed by atoms with Crippen LogP contribution in [0.4, 0.5) is 10.6 Å². The number of ketones is 1. The number of benzene rings is 1. The number of unbranched alkanes of at least 4 members (excludes halogenated alkanes) is 2. The molecule has 39 heavy (non-hydrogen) atoms. The van der Waals surface area contributed by atoms with Crippen molar-refractivity contribution in [2.45, 2.75) is 66.3 Å². The van der Waals surface area contributed by atoms with Gasteiger partial charge in [0.1, 0.15) is 18.2 Å². The zero-order chi connectivity index (χ0) is 28.4. The van der Waals surface area contributed by atoms with Crippen molar-refractivity contribution < 1.29 is 23.8 Å². The Labute approximate surface area is 230 Å². The van der Waals surface area contributed by atoms with E-state index in [2.05, 4.69) is 20.8 Å². The van der Waals surface area contributed by atoms with Gasteiger partial charge in [0, 0.05) is 26.1 Å². The number of Topliss-reactive ketones (excluding diaryl/α,β-unsaturated/α-hetero) is 1. The molecule has 2 heterocycles. The maximum atomic E-state index is 12.8. The fraction of sp³-hybridized carbons (Fsp3) is 0.607. The average molecular weight is 543 g/mol. The molecule has 0 bridgehead atoms. The summed E-state index contributed by atoms with van der Waals surface area (Å²) < 4.78 is 18.0. The van der Waals surface area contributed by atoms with E-state index in [1.165, 1.54) is 0 Å². The minimum Gasteiger partial charge on any atom is -0.491 e. The summed E-state index contributed by atoms with van der Waals surface area (Å²) in [5.74, 6) is 2.40. The summed E-state index contributed by atoms with van der Waals surface area (Å²) in [7, 11) is 1.64. The molecule has 1 amide bonds. The molecule has 3 aromatic rings. The largest absolute Gasteiger partial charge is 0.491 e. The van der Waals surface area contributed by atoms with Gasteiger partial charge in [-0.15, -0.1) is 10.2 Å². The molecule has 2 aromatic heterocycles. The third-order valence-corrected chi connectivity index (χ3v) is 6.24. The van der Waals surface area contributed by atoms with Crippen molar-refractivity contribution in [3.63, 3.8) is 0 Å². The molecular weight excluding hydrogens is 500 g/mol. The highest BCUT2D eigenvalue weighted by molar-refractivity contribution is 5.87. The van der Waals surface area contributed by atoms with Gasteiger partial charge in [-0.1, -0.05) is 34.1 Å². The first kappa shape index (κ1) is 30.1. The SMILES string of the molecule is COCCOc1ccc2c(c1)nc(NCCCCCC(=O)[C@@H](NC(=O)OCC(C)C)C(C)C)c1nnc(C)n12. The minimum atomic E-state index is -0.544. The Balaban J connectivity index is 1.53. The maximum Gasteiger partial charge on any atom is 0.407 e. The van der Waals surface area contributed by atoms with Crippen LogP contribution in [0.5, 0.6) is 5.75 Å². The number of aromatic nitrogens is 4. The average Bonchev–Trinajstić information content (AvgIpc) is 3.29. The van der Waals surface area contributed by atoms with E-state index in [4.69, 9.17) is 19.2 Å². The number of amides is 1. The van der Waals surface area contributed by atoms with Crippen LogP contribution in [0.15, 0.2) is 18.2 Å². The lowest BCUT2D eigenvalue weighted by atomic mass is 9.96. The van der Waals surface area contributed by atoms with Gasteiger partial charge in [-0.05, 0) is 43.7 Å². The second kappa shape index (κ2) is 14.6. The monoisotopic (exact) mass is 542 g/mol. The first-order valence-electron chi connectivity index (χ1n) is 13.7. The Morgan fingerprint density at radius 2 is 1.85 bits per heavy atom. The van der Waals surface area contributed by atoms with Gasteiger partial charge >= 0.3 is 6.09 Å². The van der Waals surface area contributed by atoms with Crippen LogP contribution in [0, 0.1) is 18.8 Å². The number of aryl methyl sites for hydroxylation is 1. The van der Waals surface area contributed by atoms with Crippen molar-refractivity contribution >= 4 is 34.4 Å². The van der Waals surface area contributed by atoms with E-state index in [0.29, 0.717) is 44.3 Å². The molecule has 11 heteroatoms. The molecule has 0 saturated heterocycles. The van der Waals surface area contributed by atoms with E-state index >= 15 is 0 Å². The van der Waals surface area contributed by atoms with Crippen LogP contribution < -0.4 is 15.4 Å². The number of nitrogens with zero attached hydrogens (tertiary/aromatic N) is 4. The van der Waals surface area contributed by atoms with E-state index < -0.39 is 12.1 Å². The number of hydrogen-bond donors (Lipinski definition) is 2. The Bertz CT molecular complexity index is 1240. The van der Waals surface area contributed by atoms with E-state index in [0.717, 1.165) is 41.9 Å². The highest BCUT2D eigenvalue weighted by Crippen LogP contribution is 2.25. The predicted octanol–water partition coefficient (Wildman–Crippen LogP) is 4.56. The first-order chi connectivity index (χ1) is 18.7. The van der Waals surface area contributed by atoms with Crippen LogP contribution in [-0.4, -0.2) is 71.0 Å². The highest BCUT2D eigenvalue weighted by atomic mass is 16.5. The highest BCUT2D eigenvalue weighted by Gasteiger charge is 2.24. The molecule has 214 valence electrons. The van der Waals surface area contributed by atoms with Crippen molar-refractivity contribution in [2.75, 3.05) is 38.8 Å². The molecular formula is C28H42N6O5. The van der Waals surface area contributed by atoms with Crippen LogP contribution in [0.2, 0.25) is 0 Å². The summed E-state index contributed by atoms with van der Waals surface area (Å²) in [6.07, 6.45) is 2.31. The van der Waals surface area contributed by atoms with Gasteiger partial charge in [0.2, 0.25) is 5.65 Å². The Kier molecular flexibility index (Phi) is 11.3. The lowest BCUT2D eigenvalue weighted by Crippen LogP contribution is -2.44. The summed E-state index contributed by atoms with van der Waals surface area (Å²) in [6, 6.07) is 5.22. The standard InChI is InChI=1S/C28H42N6O5/c1-18(2)17-39-28(36)31-25(19(3)4)24(35)10-8-7-9-13-29-26-27-33-32-20(5)34(27)23-12-11-21(16-22(23)30-26)38-15-14-37-6/h11-12,16,18-19,25H,7-10,13-15,17H2,1-6H3,(H,29,30)(H,31,36)/t25-/m0/s1. The first-order valence-corrected chi connectivity index (χ1v) is 13.7. The molecule has 1 aromatic carbocycles. The van der Waals surface area contributed by atoms with E-state index in [9.17, 15) is 9.59 Å². The Morgan fingerprint density at radius 1 is 1.05 bits per heavy atom. The minimum absolute atomic E-state index is 0.00957. The van der Waals surface area contributed by atoms with Crippen LogP contribution >= 0.6 is 0 Å². The van der Waals surface area contributed by atoms with Crippen molar-refractivity contribution in [3.8, 4) is 5.75 Å². The lowest BCUT2D eigenvalue weighted by molar-refractivity contribution is -0.122. The van der Waals surface area contributed by atoms with Gasteiger partial charge in [-0.2, -0.15) is 0 Å². The fourth-order valence-electron chi connectivity index (χ4n) is 4.20. The number of rotatable bonds is 16. The number of carbonyl (C=O) groups is 2. The molecule has 0 saturated carbocycles. The Morgan fingerprint density at radius 3 is 2.56 bits per heavy atom. The predicted molar refractivity (Wildman–Crippen MR) is 150 cm³/mol. The van der Waals surface area contributed by atoms with Crippen molar-refractivity contribution in [3.05, 3.63) is 24.0 Å².